The van der Waals surface area contributed by atoms with Crippen LogP contribution in [0.15, 0.2) is 51.8 Å². The summed E-state index contributed by atoms with van der Waals surface area (Å²) in [6.45, 7) is 0. The van der Waals surface area contributed by atoms with E-state index in [4.69, 9.17) is 11.6 Å². The third-order valence-corrected chi connectivity index (χ3v) is 4.38. The van der Waals surface area contributed by atoms with Gasteiger partial charge in [-0.05, 0) is 46.3 Å². The summed E-state index contributed by atoms with van der Waals surface area (Å²) >= 11 is 9.00. The molecule has 2 rings (SSSR count). The Bertz CT molecular complexity index is 811. The highest BCUT2D eigenvalue weighted by Crippen LogP contribution is 2.26. The van der Waals surface area contributed by atoms with Crippen molar-refractivity contribution in [1.29, 1.82) is 0 Å². The van der Waals surface area contributed by atoms with Crippen LogP contribution in [-0.2, 0) is 10.2 Å². The van der Waals surface area contributed by atoms with Crippen molar-refractivity contribution in [2.75, 3.05) is 5.32 Å². The number of carbonyl (C=O) groups is 1. The molecule has 110 valence electrons. The van der Waals surface area contributed by atoms with Gasteiger partial charge >= 0.3 is 10.2 Å². The highest BCUT2D eigenvalue weighted by atomic mass is 79.9. The fourth-order valence-electron chi connectivity index (χ4n) is 1.64. The first-order chi connectivity index (χ1) is 9.79. The minimum Gasteiger partial charge on any atom is -0.321 e. The summed E-state index contributed by atoms with van der Waals surface area (Å²) in [5.41, 5.74) is 0.0606. The third-order valence-electron chi connectivity index (χ3n) is 2.57. The number of para-hydroxylation sites is 1. The highest BCUT2D eigenvalue weighted by molar-refractivity contribution is 9.10. The summed E-state index contributed by atoms with van der Waals surface area (Å²) in [5.74, 6) is -0.611. The van der Waals surface area contributed by atoms with Crippen LogP contribution >= 0.6 is 27.5 Å². The Morgan fingerprint density at radius 3 is 2.52 bits per heavy atom. The average Bonchev–Trinajstić information content (AvgIpc) is 2.41. The maximum Gasteiger partial charge on any atom is 0.334 e. The summed E-state index contributed by atoms with van der Waals surface area (Å²) in [4.78, 5) is 11.5. The van der Waals surface area contributed by atoms with Crippen molar-refractivity contribution in [3.63, 3.8) is 0 Å². The van der Waals surface area contributed by atoms with E-state index in [0.717, 1.165) is 6.07 Å². The van der Waals surface area contributed by atoms with Gasteiger partial charge in [-0.2, -0.15) is 8.42 Å². The van der Waals surface area contributed by atoms with E-state index in [-0.39, 0.29) is 11.3 Å². The van der Waals surface area contributed by atoms with Crippen LogP contribution in [0, 0.1) is 0 Å². The number of anilines is 1. The Balaban J connectivity index is 2.39. The van der Waals surface area contributed by atoms with Gasteiger partial charge in [0.1, 0.15) is 4.90 Å². The van der Waals surface area contributed by atoms with Gasteiger partial charge in [-0.25, -0.2) is 0 Å². The molecule has 0 bridgehead atoms. The maximum atomic E-state index is 13.2. The van der Waals surface area contributed by atoms with Crippen molar-refractivity contribution in [2.45, 2.75) is 4.90 Å². The van der Waals surface area contributed by atoms with Gasteiger partial charge in [0.2, 0.25) is 0 Å². The third kappa shape index (κ3) is 3.81. The number of benzene rings is 2. The molecule has 2 aromatic rings. The first kappa shape index (κ1) is 15.9. The molecule has 1 amide bonds. The molecule has 21 heavy (non-hydrogen) atoms. The quantitative estimate of drug-likeness (QED) is 0.803. The summed E-state index contributed by atoms with van der Waals surface area (Å²) in [7, 11) is -4.93. The Labute approximate surface area is 134 Å². The van der Waals surface area contributed by atoms with E-state index in [1.807, 2.05) is 0 Å². The number of halogens is 3. The summed E-state index contributed by atoms with van der Waals surface area (Å²) in [5, 5.41) is 2.70. The van der Waals surface area contributed by atoms with E-state index in [1.54, 1.807) is 12.1 Å². The molecule has 0 unspecified atom stereocenters. The predicted octanol–water partition coefficient (Wildman–Crippen LogP) is 4.01. The van der Waals surface area contributed by atoms with Gasteiger partial charge in [0.15, 0.2) is 0 Å². The lowest BCUT2D eigenvalue weighted by Crippen LogP contribution is -2.14. The minimum absolute atomic E-state index is 0.142. The van der Waals surface area contributed by atoms with Gasteiger partial charge in [0.05, 0.1) is 11.3 Å². The first-order valence-corrected chi connectivity index (χ1v) is 8.14. The largest absolute Gasteiger partial charge is 0.334 e. The molecule has 1 N–H and O–H groups in total. The molecule has 0 aliphatic carbocycles. The molecule has 0 fully saturated rings. The Hall–Kier alpha value is -1.44. The fraction of sp³-hybridized carbons (Fsp3) is 0. The lowest BCUT2D eigenvalue weighted by molar-refractivity contribution is 0.102. The standard InChI is InChI=1S/C13H8BrClFNO3S/c14-10-6-5-8(15)7-9(10)13(18)17-11-3-1-2-4-12(11)21(16,19)20/h1-7H,(H,17,18). The van der Waals surface area contributed by atoms with Gasteiger partial charge in [-0.1, -0.05) is 23.7 Å². The average molecular weight is 393 g/mol. The molecule has 4 nitrogen and oxygen atoms in total. The monoisotopic (exact) mass is 391 g/mol. The van der Waals surface area contributed by atoms with Crippen LogP contribution < -0.4 is 5.32 Å². The van der Waals surface area contributed by atoms with E-state index < -0.39 is 21.0 Å². The zero-order chi connectivity index (χ0) is 15.6. The van der Waals surface area contributed by atoms with Crippen molar-refractivity contribution in [1.82, 2.24) is 0 Å². The second-order valence-electron chi connectivity index (χ2n) is 4.01. The molecule has 8 heteroatoms. The van der Waals surface area contributed by atoms with Gasteiger partial charge in [0, 0.05) is 9.50 Å². The number of nitrogens with one attached hydrogen (secondary N) is 1. The van der Waals surface area contributed by atoms with E-state index in [2.05, 4.69) is 21.2 Å². The van der Waals surface area contributed by atoms with Crippen molar-refractivity contribution in [2.24, 2.45) is 0 Å². The van der Waals surface area contributed by atoms with Crippen LogP contribution in [0.25, 0.3) is 0 Å². The Kier molecular flexibility index (Phi) is 4.65. The Morgan fingerprint density at radius 1 is 1.19 bits per heavy atom. The number of hydrogen-bond donors (Lipinski definition) is 1. The van der Waals surface area contributed by atoms with Crippen molar-refractivity contribution in [3.8, 4) is 0 Å². The van der Waals surface area contributed by atoms with Gasteiger partial charge < -0.3 is 5.32 Å². The van der Waals surface area contributed by atoms with Gasteiger partial charge in [0.25, 0.3) is 5.91 Å². The molecule has 0 atom stereocenters. The molecular formula is C13H8BrClFNO3S. The SMILES string of the molecule is O=C(Nc1ccccc1S(=O)(=O)F)c1cc(Cl)ccc1Br. The second kappa shape index (κ2) is 6.13. The molecular weight excluding hydrogens is 385 g/mol. The molecule has 0 radical (unpaired) electrons. The first-order valence-electron chi connectivity index (χ1n) is 5.59. The predicted molar refractivity (Wildman–Crippen MR) is 81.8 cm³/mol. The van der Waals surface area contributed by atoms with Crippen LogP contribution in [0.4, 0.5) is 9.57 Å². The number of carbonyl (C=O) groups excluding carboxylic acids is 1. The number of amides is 1. The summed E-state index contributed by atoms with van der Waals surface area (Å²) < 4.78 is 35.7. The topological polar surface area (TPSA) is 63.2 Å². The Morgan fingerprint density at radius 2 is 1.86 bits per heavy atom. The van der Waals surface area contributed by atoms with E-state index >= 15 is 0 Å². The second-order valence-corrected chi connectivity index (χ2v) is 6.62. The minimum atomic E-state index is -4.93. The van der Waals surface area contributed by atoms with E-state index in [0.29, 0.717) is 9.50 Å². The smallest absolute Gasteiger partial charge is 0.321 e. The van der Waals surface area contributed by atoms with Crippen LogP contribution in [0.2, 0.25) is 5.02 Å². The van der Waals surface area contributed by atoms with Crippen LogP contribution in [0.3, 0.4) is 0 Å². The van der Waals surface area contributed by atoms with Crippen LogP contribution in [0.1, 0.15) is 10.4 Å². The lowest BCUT2D eigenvalue weighted by atomic mass is 10.2. The van der Waals surface area contributed by atoms with Crippen molar-refractivity contribution < 1.29 is 17.1 Å². The van der Waals surface area contributed by atoms with E-state index in [1.165, 1.54) is 24.3 Å². The normalized spacial score (nSPS) is 11.2. The number of rotatable bonds is 3. The maximum absolute atomic E-state index is 13.2. The van der Waals surface area contributed by atoms with Gasteiger partial charge in [-0.15, -0.1) is 3.89 Å². The zero-order valence-corrected chi connectivity index (χ0v) is 13.5. The molecule has 0 aromatic heterocycles. The van der Waals surface area contributed by atoms with Crippen LogP contribution in [0.5, 0.6) is 0 Å². The summed E-state index contributed by atoms with van der Waals surface area (Å²) in [6, 6.07) is 9.78. The molecule has 0 heterocycles. The zero-order valence-electron chi connectivity index (χ0n) is 10.3. The van der Waals surface area contributed by atoms with E-state index in [9.17, 15) is 17.1 Å². The number of hydrogen-bond acceptors (Lipinski definition) is 3. The van der Waals surface area contributed by atoms with Crippen molar-refractivity contribution >= 4 is 49.3 Å². The molecule has 0 aliphatic heterocycles. The molecule has 0 saturated heterocycles. The lowest BCUT2D eigenvalue weighted by Gasteiger charge is -2.09. The molecule has 2 aromatic carbocycles. The fourth-order valence-corrected chi connectivity index (χ4v) is 2.87. The van der Waals surface area contributed by atoms with Crippen LogP contribution in [-0.4, -0.2) is 14.3 Å². The van der Waals surface area contributed by atoms with Gasteiger partial charge in [-0.3, -0.25) is 4.79 Å². The molecule has 0 aliphatic rings. The molecule has 0 saturated carbocycles. The molecule has 0 spiro atoms. The summed E-state index contributed by atoms with van der Waals surface area (Å²) in [6.07, 6.45) is 0. The highest BCUT2D eigenvalue weighted by Gasteiger charge is 2.19. The van der Waals surface area contributed by atoms with Crippen molar-refractivity contribution in [3.05, 3.63) is 57.5 Å².